The van der Waals surface area contributed by atoms with Crippen molar-refractivity contribution < 1.29 is 22.8 Å². The van der Waals surface area contributed by atoms with Crippen molar-refractivity contribution in [2.24, 2.45) is 0 Å². The Morgan fingerprint density at radius 1 is 1.00 bits per heavy atom. The summed E-state index contributed by atoms with van der Waals surface area (Å²) in [5.74, 6) is -0.479. The second kappa shape index (κ2) is 10.6. The van der Waals surface area contributed by atoms with Crippen molar-refractivity contribution in [3.63, 3.8) is 0 Å². The summed E-state index contributed by atoms with van der Waals surface area (Å²) in [6.07, 6.45) is -3.91. The number of aromatic nitrogens is 2. The van der Waals surface area contributed by atoms with Crippen molar-refractivity contribution in [1.82, 2.24) is 14.7 Å². The highest BCUT2D eigenvalue weighted by atomic mass is 19.4. The van der Waals surface area contributed by atoms with Gasteiger partial charge in [-0.15, -0.1) is 0 Å². The highest BCUT2D eigenvalue weighted by molar-refractivity contribution is 5.99. The van der Waals surface area contributed by atoms with E-state index >= 15 is 0 Å². The van der Waals surface area contributed by atoms with Crippen molar-refractivity contribution in [2.75, 3.05) is 18.4 Å². The lowest BCUT2D eigenvalue weighted by Gasteiger charge is -2.22. The fraction of sp³-hybridized carbons (Fsp3) is 0.370. The summed E-state index contributed by atoms with van der Waals surface area (Å²) in [6, 6.07) is 13.5. The van der Waals surface area contributed by atoms with Crippen LogP contribution in [0.3, 0.4) is 0 Å². The van der Waals surface area contributed by atoms with E-state index in [0.29, 0.717) is 12.2 Å². The fourth-order valence-corrected chi connectivity index (χ4v) is 3.58. The van der Waals surface area contributed by atoms with Crippen LogP contribution in [0.5, 0.6) is 0 Å². The van der Waals surface area contributed by atoms with Crippen LogP contribution in [0.25, 0.3) is 5.69 Å². The highest BCUT2D eigenvalue weighted by Crippen LogP contribution is 2.29. The number of aryl methyl sites for hydroxylation is 1. The average molecular weight is 501 g/mol. The summed E-state index contributed by atoms with van der Waals surface area (Å²) in [5, 5.41) is 7.55. The van der Waals surface area contributed by atoms with E-state index in [0.717, 1.165) is 41.2 Å². The molecule has 0 saturated heterocycles. The van der Waals surface area contributed by atoms with Gasteiger partial charge < -0.3 is 10.2 Å². The maximum Gasteiger partial charge on any atom is 0.416 e. The summed E-state index contributed by atoms with van der Waals surface area (Å²) in [6.45, 7) is 9.92. The number of carbonyl (C=O) groups excluding carboxylic acids is 2. The van der Waals surface area contributed by atoms with Crippen molar-refractivity contribution in [3.8, 4) is 5.69 Å². The molecule has 6 nitrogen and oxygen atoms in total. The molecule has 2 amide bonds. The Morgan fingerprint density at radius 3 is 2.14 bits per heavy atom. The molecule has 3 aromatic rings. The zero-order valence-electron chi connectivity index (χ0n) is 21.1. The van der Waals surface area contributed by atoms with Gasteiger partial charge in [0, 0.05) is 23.6 Å². The monoisotopic (exact) mass is 500 g/mol. The molecular formula is C27H31F3N4O2. The molecule has 1 N–H and O–H groups in total. The molecule has 0 spiro atoms. The molecule has 1 aromatic heterocycles. The van der Waals surface area contributed by atoms with Gasteiger partial charge in [0.25, 0.3) is 5.91 Å². The summed E-state index contributed by atoms with van der Waals surface area (Å²) in [4.78, 5) is 27.3. The van der Waals surface area contributed by atoms with Gasteiger partial charge in [-0.2, -0.15) is 18.3 Å². The molecule has 9 heteroatoms. The smallest absolute Gasteiger partial charge is 0.329 e. The van der Waals surface area contributed by atoms with Crippen LogP contribution in [-0.4, -0.2) is 39.6 Å². The van der Waals surface area contributed by atoms with Crippen molar-refractivity contribution in [2.45, 2.75) is 52.6 Å². The van der Waals surface area contributed by atoms with Crippen molar-refractivity contribution in [3.05, 3.63) is 77.0 Å². The van der Waals surface area contributed by atoms with Gasteiger partial charge in [0.2, 0.25) is 5.91 Å². The number of carbonyl (C=O) groups is 2. The Bertz CT molecular complexity index is 1210. The lowest BCUT2D eigenvalue weighted by atomic mass is 9.92. The number of halogens is 3. The summed E-state index contributed by atoms with van der Waals surface area (Å²) in [5.41, 5.74) is 1.64. The van der Waals surface area contributed by atoms with E-state index in [9.17, 15) is 22.8 Å². The molecule has 192 valence electrons. The Labute approximate surface area is 209 Å². The molecule has 0 fully saturated rings. The number of rotatable bonds is 7. The van der Waals surface area contributed by atoms with Gasteiger partial charge >= 0.3 is 6.18 Å². The number of nitrogens with one attached hydrogen (secondary N) is 1. The summed E-state index contributed by atoms with van der Waals surface area (Å²) < 4.78 is 40.3. The third-order valence-electron chi connectivity index (χ3n) is 5.60. The van der Waals surface area contributed by atoms with Crippen molar-refractivity contribution in [1.29, 1.82) is 0 Å². The average Bonchev–Trinajstić information content (AvgIpc) is 3.22. The molecule has 3 rings (SSSR count). The number of hydrogen-bond donors (Lipinski definition) is 1. The van der Waals surface area contributed by atoms with Crippen molar-refractivity contribution >= 4 is 17.6 Å². The van der Waals surface area contributed by atoms with Gasteiger partial charge in [-0.05, 0) is 49.7 Å². The minimum atomic E-state index is -4.49. The number of nitrogens with zero attached hydrogens (tertiary/aromatic N) is 3. The summed E-state index contributed by atoms with van der Waals surface area (Å²) >= 11 is 0. The number of alkyl halides is 3. The Morgan fingerprint density at radius 2 is 1.61 bits per heavy atom. The zero-order valence-corrected chi connectivity index (χ0v) is 21.1. The standard InChI is InChI=1S/C27H31F3N4O2/c1-6-15-33(25(36)19-9-11-20(12-10-19)27(28,29)30)17-24(35)31-23-16-22(26(3,4)5)32-34(23)21-13-7-18(2)8-14-21/h7-14,16H,6,15,17H2,1-5H3,(H,31,35). The first-order valence-electron chi connectivity index (χ1n) is 11.7. The van der Waals surface area contributed by atoms with E-state index in [1.54, 1.807) is 10.7 Å². The second-order valence-corrected chi connectivity index (χ2v) is 9.76. The van der Waals surface area contributed by atoms with Crippen LogP contribution in [0.2, 0.25) is 0 Å². The van der Waals surface area contributed by atoms with Crippen LogP contribution < -0.4 is 5.32 Å². The molecule has 0 atom stereocenters. The van der Waals surface area contributed by atoms with Gasteiger partial charge in [0.1, 0.15) is 12.4 Å². The number of benzene rings is 2. The number of anilines is 1. The molecule has 0 bridgehead atoms. The molecule has 36 heavy (non-hydrogen) atoms. The topological polar surface area (TPSA) is 67.2 Å². The van der Waals surface area contributed by atoms with E-state index < -0.39 is 23.6 Å². The van der Waals surface area contributed by atoms with Gasteiger partial charge in [-0.1, -0.05) is 45.4 Å². The fourth-order valence-electron chi connectivity index (χ4n) is 3.58. The van der Waals surface area contributed by atoms with Crippen LogP contribution >= 0.6 is 0 Å². The molecule has 0 radical (unpaired) electrons. The third kappa shape index (κ3) is 6.53. The highest BCUT2D eigenvalue weighted by Gasteiger charge is 2.30. The van der Waals surface area contributed by atoms with E-state index in [1.165, 1.54) is 4.90 Å². The molecule has 0 unspecified atom stereocenters. The SMILES string of the molecule is CCCN(CC(=O)Nc1cc(C(C)(C)C)nn1-c1ccc(C)cc1)C(=O)c1ccc(C(F)(F)F)cc1. The Kier molecular flexibility index (Phi) is 7.91. The molecule has 2 aromatic carbocycles. The maximum atomic E-state index is 13.0. The quantitative estimate of drug-likeness (QED) is 0.434. The zero-order chi connectivity index (χ0) is 26.7. The molecule has 1 heterocycles. The molecule has 0 aliphatic heterocycles. The van der Waals surface area contributed by atoms with Crippen LogP contribution in [-0.2, 0) is 16.4 Å². The number of amides is 2. The van der Waals surface area contributed by atoms with Gasteiger partial charge in [0.05, 0.1) is 16.9 Å². The second-order valence-electron chi connectivity index (χ2n) is 9.76. The van der Waals surface area contributed by atoms with Gasteiger partial charge in [-0.25, -0.2) is 4.68 Å². The summed E-state index contributed by atoms with van der Waals surface area (Å²) in [7, 11) is 0. The lowest BCUT2D eigenvalue weighted by molar-refractivity contribution is -0.137. The Balaban J connectivity index is 1.82. The lowest BCUT2D eigenvalue weighted by Crippen LogP contribution is -2.38. The van der Waals surface area contributed by atoms with E-state index in [-0.39, 0.29) is 24.1 Å². The van der Waals surface area contributed by atoms with Crippen LogP contribution in [0.15, 0.2) is 54.6 Å². The first-order chi connectivity index (χ1) is 16.8. The molecule has 0 aliphatic rings. The minimum Gasteiger partial charge on any atom is -0.329 e. The largest absolute Gasteiger partial charge is 0.416 e. The van der Waals surface area contributed by atoms with Crippen LogP contribution in [0, 0.1) is 6.92 Å². The molecule has 0 saturated carbocycles. The van der Waals surface area contributed by atoms with E-state index in [2.05, 4.69) is 5.32 Å². The maximum absolute atomic E-state index is 13.0. The van der Waals surface area contributed by atoms with Gasteiger partial charge in [-0.3, -0.25) is 9.59 Å². The molecule has 0 aliphatic carbocycles. The predicted molar refractivity (Wildman–Crippen MR) is 133 cm³/mol. The van der Waals surface area contributed by atoms with E-state index in [1.807, 2.05) is 58.9 Å². The third-order valence-corrected chi connectivity index (χ3v) is 5.60. The minimum absolute atomic E-state index is 0.0870. The number of hydrogen-bond acceptors (Lipinski definition) is 3. The van der Waals surface area contributed by atoms with Crippen LogP contribution in [0.1, 0.15) is 61.3 Å². The normalized spacial score (nSPS) is 11.9. The van der Waals surface area contributed by atoms with Crippen LogP contribution in [0.4, 0.5) is 19.0 Å². The first kappa shape index (κ1) is 27.0. The predicted octanol–water partition coefficient (Wildman–Crippen LogP) is 5.99. The first-order valence-corrected chi connectivity index (χ1v) is 11.7. The Hall–Kier alpha value is -3.62. The van der Waals surface area contributed by atoms with Gasteiger partial charge in [0.15, 0.2) is 0 Å². The molecular weight excluding hydrogens is 469 g/mol. The van der Waals surface area contributed by atoms with E-state index in [4.69, 9.17) is 5.10 Å².